The first-order valence-corrected chi connectivity index (χ1v) is 8.76. The van der Waals surface area contributed by atoms with Crippen LogP contribution in [0.2, 0.25) is 0 Å². The monoisotopic (exact) mass is 401 g/mol. The van der Waals surface area contributed by atoms with Gasteiger partial charge in [-0.15, -0.1) is 5.10 Å². The Kier molecular flexibility index (Phi) is 5.56. The van der Waals surface area contributed by atoms with Crippen molar-refractivity contribution in [3.63, 3.8) is 0 Å². The summed E-state index contributed by atoms with van der Waals surface area (Å²) in [5.41, 5.74) is 0.664. The molecule has 1 N–H and O–H groups in total. The van der Waals surface area contributed by atoms with Crippen LogP contribution in [0.15, 0.2) is 35.1 Å². The summed E-state index contributed by atoms with van der Waals surface area (Å²) in [6.07, 6.45) is 6.52. The smallest absolute Gasteiger partial charge is 0.272 e. The fourth-order valence-electron chi connectivity index (χ4n) is 2.77. The number of carbonyl (C=O) groups is 1. The maximum absolute atomic E-state index is 12.1. The summed E-state index contributed by atoms with van der Waals surface area (Å²) < 4.78 is 6.56. The Balaban J connectivity index is 1.50. The number of pyridine rings is 1. The van der Waals surface area contributed by atoms with E-state index < -0.39 is 0 Å². The molecular weight excluding hydrogens is 386 g/mol. The van der Waals surface area contributed by atoms with E-state index in [0.717, 1.165) is 25.7 Å². The Hall–Kier alpha value is -2.53. The Morgan fingerprint density at radius 2 is 2.16 bits per heavy atom. The minimum absolute atomic E-state index is 0.0753. The Morgan fingerprint density at radius 3 is 2.80 bits per heavy atom. The van der Waals surface area contributed by atoms with Crippen LogP contribution in [0.25, 0.3) is 0 Å². The van der Waals surface area contributed by atoms with Gasteiger partial charge in [0, 0.05) is 12.2 Å². The average molecular weight is 402 g/mol. The predicted molar refractivity (Wildman–Crippen MR) is 92.8 cm³/mol. The summed E-state index contributed by atoms with van der Waals surface area (Å²) in [7, 11) is 0. The van der Waals surface area contributed by atoms with E-state index >= 15 is 0 Å². The van der Waals surface area contributed by atoms with Crippen molar-refractivity contribution < 1.29 is 9.53 Å². The summed E-state index contributed by atoms with van der Waals surface area (Å²) in [5.74, 6) is 0.440. The lowest BCUT2D eigenvalue weighted by atomic mass is 9.93. The number of nitrogens with zero attached hydrogens (tertiary/aromatic N) is 4. The third-order valence-electron chi connectivity index (χ3n) is 4.04. The molecule has 8 heteroatoms. The lowest BCUT2D eigenvalue weighted by Crippen LogP contribution is -2.40. The number of aromatic nitrogens is 3. The second-order valence-electron chi connectivity index (χ2n) is 5.79. The number of rotatable bonds is 4. The number of nitrogens with one attached hydrogen (secondary N) is 1. The number of halogens is 1. The molecule has 3 rings (SSSR count). The zero-order valence-electron chi connectivity index (χ0n) is 13.4. The van der Waals surface area contributed by atoms with E-state index in [0.29, 0.717) is 21.6 Å². The van der Waals surface area contributed by atoms with Crippen molar-refractivity contribution in [2.24, 2.45) is 0 Å². The molecular formula is C17H16BrN5O2. The van der Waals surface area contributed by atoms with Crippen LogP contribution in [0.4, 0.5) is 0 Å². The lowest BCUT2D eigenvalue weighted by molar-refractivity contribution is 0.0887. The molecule has 0 atom stereocenters. The second kappa shape index (κ2) is 8.03. The molecule has 1 aliphatic carbocycles. The fraction of sp³-hybridized carbons (Fsp3) is 0.353. The normalized spacial score (nSPS) is 19.7. The molecule has 1 aliphatic rings. The van der Waals surface area contributed by atoms with Crippen LogP contribution in [0.1, 0.15) is 41.9 Å². The van der Waals surface area contributed by atoms with Gasteiger partial charge < -0.3 is 10.1 Å². The Bertz CT molecular complexity index is 785. The highest BCUT2D eigenvalue weighted by molar-refractivity contribution is 9.10. The predicted octanol–water partition coefficient (Wildman–Crippen LogP) is 2.63. The van der Waals surface area contributed by atoms with Crippen molar-refractivity contribution in [2.45, 2.75) is 37.8 Å². The topological polar surface area (TPSA) is 101 Å². The summed E-state index contributed by atoms with van der Waals surface area (Å²) >= 11 is 3.31. The molecule has 0 radical (unpaired) electrons. The van der Waals surface area contributed by atoms with E-state index in [9.17, 15) is 4.79 Å². The van der Waals surface area contributed by atoms with Crippen molar-refractivity contribution >= 4 is 21.8 Å². The van der Waals surface area contributed by atoms with E-state index in [1.54, 1.807) is 24.4 Å². The highest BCUT2D eigenvalue weighted by Gasteiger charge is 2.24. The zero-order chi connectivity index (χ0) is 17.6. The van der Waals surface area contributed by atoms with Crippen molar-refractivity contribution in [2.75, 3.05) is 0 Å². The molecule has 0 unspecified atom stereocenters. The van der Waals surface area contributed by atoms with Gasteiger partial charge in [-0.05, 0) is 59.8 Å². The first kappa shape index (κ1) is 17.3. The number of amides is 1. The van der Waals surface area contributed by atoms with E-state index in [-0.39, 0.29) is 18.1 Å². The van der Waals surface area contributed by atoms with Crippen molar-refractivity contribution in [3.05, 3.63) is 46.5 Å². The minimum Gasteiger partial charge on any atom is -0.489 e. The quantitative estimate of drug-likeness (QED) is 0.844. The van der Waals surface area contributed by atoms with Gasteiger partial charge in [0.15, 0.2) is 11.4 Å². The summed E-state index contributed by atoms with van der Waals surface area (Å²) in [4.78, 5) is 16.1. The zero-order valence-corrected chi connectivity index (χ0v) is 14.9. The molecule has 0 saturated heterocycles. The molecule has 0 bridgehead atoms. The van der Waals surface area contributed by atoms with Gasteiger partial charge in [0.25, 0.3) is 5.91 Å². The molecule has 2 heterocycles. The van der Waals surface area contributed by atoms with Gasteiger partial charge in [0.05, 0.1) is 16.8 Å². The molecule has 1 saturated carbocycles. The van der Waals surface area contributed by atoms with Crippen molar-refractivity contribution in [1.29, 1.82) is 5.26 Å². The molecule has 7 nitrogen and oxygen atoms in total. The van der Waals surface area contributed by atoms with Gasteiger partial charge in [-0.2, -0.15) is 10.4 Å². The van der Waals surface area contributed by atoms with Crippen LogP contribution >= 0.6 is 15.9 Å². The SMILES string of the molecule is N#Cc1ncc(O[C@H]2CC[C@H](NC(=O)c3cccnn3)CC2)cc1Br. The van der Waals surface area contributed by atoms with Crippen molar-refractivity contribution in [1.82, 2.24) is 20.5 Å². The largest absolute Gasteiger partial charge is 0.489 e. The van der Waals surface area contributed by atoms with E-state index in [1.807, 2.05) is 6.07 Å². The standard InChI is InChI=1S/C17H16BrN5O2/c18-14-8-13(10-20-16(14)9-19)25-12-5-3-11(4-6-12)22-17(24)15-2-1-7-21-23-15/h1-2,7-8,10-12H,3-6H2,(H,22,24)/t11-,12-. The van der Waals surface area contributed by atoms with Gasteiger partial charge in [-0.1, -0.05) is 0 Å². The number of nitriles is 1. The second-order valence-corrected chi connectivity index (χ2v) is 6.64. The fourth-order valence-corrected chi connectivity index (χ4v) is 3.18. The average Bonchev–Trinajstić information content (AvgIpc) is 2.64. The van der Waals surface area contributed by atoms with Gasteiger partial charge in [0.2, 0.25) is 0 Å². The minimum atomic E-state index is -0.197. The summed E-state index contributed by atoms with van der Waals surface area (Å²) in [6.45, 7) is 0. The van der Waals surface area contributed by atoms with Gasteiger partial charge >= 0.3 is 0 Å². The molecule has 25 heavy (non-hydrogen) atoms. The Labute approximate surface area is 153 Å². The van der Waals surface area contributed by atoms with Gasteiger partial charge in [-0.25, -0.2) is 4.98 Å². The van der Waals surface area contributed by atoms with Crippen LogP contribution < -0.4 is 10.1 Å². The van der Waals surface area contributed by atoms with E-state index in [1.165, 1.54) is 6.20 Å². The van der Waals surface area contributed by atoms with Gasteiger partial charge in [-0.3, -0.25) is 4.79 Å². The van der Waals surface area contributed by atoms with E-state index in [4.69, 9.17) is 10.00 Å². The molecule has 2 aromatic rings. The van der Waals surface area contributed by atoms with Crippen LogP contribution in [0, 0.1) is 11.3 Å². The molecule has 0 aromatic carbocycles. The van der Waals surface area contributed by atoms with Crippen LogP contribution in [-0.4, -0.2) is 33.2 Å². The molecule has 0 spiro atoms. The first-order valence-electron chi connectivity index (χ1n) is 7.96. The molecule has 1 fully saturated rings. The molecule has 1 amide bonds. The lowest BCUT2D eigenvalue weighted by Gasteiger charge is -2.29. The first-order chi connectivity index (χ1) is 12.2. The number of carbonyl (C=O) groups excluding carboxylic acids is 1. The summed E-state index contributed by atoms with van der Waals surface area (Å²) in [6, 6.07) is 7.21. The van der Waals surface area contributed by atoms with E-state index in [2.05, 4.69) is 36.4 Å². The molecule has 128 valence electrons. The maximum Gasteiger partial charge on any atom is 0.272 e. The van der Waals surface area contributed by atoms with Crippen LogP contribution in [-0.2, 0) is 0 Å². The third kappa shape index (κ3) is 4.51. The number of hydrogen-bond donors (Lipinski definition) is 1. The highest BCUT2D eigenvalue weighted by Crippen LogP contribution is 2.26. The number of hydrogen-bond acceptors (Lipinski definition) is 6. The highest BCUT2D eigenvalue weighted by atomic mass is 79.9. The van der Waals surface area contributed by atoms with Gasteiger partial charge in [0.1, 0.15) is 11.8 Å². The Morgan fingerprint density at radius 1 is 1.36 bits per heavy atom. The maximum atomic E-state index is 12.1. The third-order valence-corrected chi connectivity index (χ3v) is 4.64. The van der Waals surface area contributed by atoms with Crippen molar-refractivity contribution in [3.8, 4) is 11.8 Å². The molecule has 2 aromatic heterocycles. The number of ether oxygens (including phenoxy) is 1. The van der Waals surface area contributed by atoms with Crippen LogP contribution in [0.3, 0.4) is 0 Å². The summed E-state index contributed by atoms with van der Waals surface area (Å²) in [5, 5.41) is 19.4. The van der Waals surface area contributed by atoms with Crippen LogP contribution in [0.5, 0.6) is 5.75 Å². The molecule has 0 aliphatic heterocycles.